The summed E-state index contributed by atoms with van der Waals surface area (Å²) in [5.74, 6) is -0.173. The van der Waals surface area contributed by atoms with Crippen LogP contribution in [0.1, 0.15) is 23.8 Å². The van der Waals surface area contributed by atoms with Crippen LogP contribution in [-0.4, -0.2) is 37.1 Å². The maximum atomic E-state index is 11.2. The first-order valence-electron chi connectivity index (χ1n) is 7.06. The Kier molecular flexibility index (Phi) is 4.00. The van der Waals surface area contributed by atoms with E-state index in [1.165, 1.54) is 5.56 Å². The third-order valence-electron chi connectivity index (χ3n) is 3.95. The summed E-state index contributed by atoms with van der Waals surface area (Å²) in [5, 5.41) is 0. The first-order chi connectivity index (χ1) is 9.72. The van der Waals surface area contributed by atoms with Crippen LogP contribution < -0.4 is 5.73 Å². The molecule has 2 fully saturated rings. The summed E-state index contributed by atoms with van der Waals surface area (Å²) in [5.41, 5.74) is 7.64. The molecule has 0 radical (unpaired) electrons. The number of nitrogens with two attached hydrogens (primary N) is 1. The summed E-state index contributed by atoms with van der Waals surface area (Å²) in [6.45, 7) is 3.88. The SMILES string of the molecule is NC(=O)C1CCN(Cc2ccc(C3OCCO3)cc2)C1. The van der Waals surface area contributed by atoms with E-state index >= 15 is 0 Å². The van der Waals surface area contributed by atoms with E-state index in [4.69, 9.17) is 15.2 Å². The maximum absolute atomic E-state index is 11.2. The summed E-state index contributed by atoms with van der Waals surface area (Å²) >= 11 is 0. The van der Waals surface area contributed by atoms with Gasteiger partial charge >= 0.3 is 0 Å². The molecule has 5 heteroatoms. The lowest BCUT2D eigenvalue weighted by Crippen LogP contribution is -2.27. The first kappa shape index (κ1) is 13.5. The zero-order valence-corrected chi connectivity index (χ0v) is 11.5. The van der Waals surface area contributed by atoms with Gasteiger partial charge in [-0.25, -0.2) is 0 Å². The van der Waals surface area contributed by atoms with Gasteiger partial charge in [-0.05, 0) is 18.5 Å². The molecule has 1 aromatic carbocycles. The van der Waals surface area contributed by atoms with E-state index in [-0.39, 0.29) is 18.1 Å². The van der Waals surface area contributed by atoms with Crippen LogP contribution in [0.4, 0.5) is 0 Å². The first-order valence-corrected chi connectivity index (χ1v) is 7.06. The third-order valence-corrected chi connectivity index (χ3v) is 3.95. The smallest absolute Gasteiger partial charge is 0.221 e. The van der Waals surface area contributed by atoms with Crippen molar-refractivity contribution in [3.8, 4) is 0 Å². The molecule has 2 saturated heterocycles. The second-order valence-corrected chi connectivity index (χ2v) is 5.44. The molecule has 0 bridgehead atoms. The van der Waals surface area contributed by atoms with Gasteiger partial charge in [-0.3, -0.25) is 9.69 Å². The molecular weight excluding hydrogens is 256 g/mol. The Hall–Kier alpha value is -1.43. The third kappa shape index (κ3) is 3.00. The summed E-state index contributed by atoms with van der Waals surface area (Å²) < 4.78 is 10.9. The average Bonchev–Trinajstić information content (AvgIpc) is 3.10. The van der Waals surface area contributed by atoms with Crippen molar-refractivity contribution in [1.82, 2.24) is 4.90 Å². The molecule has 0 aromatic heterocycles. The zero-order valence-electron chi connectivity index (χ0n) is 11.5. The molecule has 0 saturated carbocycles. The molecule has 1 amide bonds. The van der Waals surface area contributed by atoms with Crippen molar-refractivity contribution in [3.05, 3.63) is 35.4 Å². The Morgan fingerprint density at radius 3 is 2.55 bits per heavy atom. The van der Waals surface area contributed by atoms with Gasteiger partial charge in [0.2, 0.25) is 5.91 Å². The lowest BCUT2D eigenvalue weighted by atomic mass is 10.1. The molecule has 20 heavy (non-hydrogen) atoms. The second kappa shape index (κ2) is 5.91. The number of primary amides is 1. The van der Waals surface area contributed by atoms with E-state index in [0.29, 0.717) is 13.2 Å². The molecule has 2 aliphatic heterocycles. The molecule has 108 valence electrons. The van der Waals surface area contributed by atoms with Crippen molar-refractivity contribution in [2.24, 2.45) is 11.7 Å². The van der Waals surface area contributed by atoms with Gasteiger partial charge in [0.25, 0.3) is 0 Å². The monoisotopic (exact) mass is 276 g/mol. The number of rotatable bonds is 4. The molecule has 3 rings (SSSR count). The zero-order chi connectivity index (χ0) is 13.9. The van der Waals surface area contributed by atoms with Crippen molar-refractivity contribution < 1.29 is 14.3 Å². The minimum atomic E-state index is -0.213. The standard InChI is InChI=1S/C15H20N2O3/c16-14(18)13-5-6-17(10-13)9-11-1-3-12(4-2-11)15-19-7-8-20-15/h1-4,13,15H,5-10H2,(H2,16,18). The van der Waals surface area contributed by atoms with Crippen LogP contribution in [0, 0.1) is 5.92 Å². The Morgan fingerprint density at radius 1 is 1.25 bits per heavy atom. The molecule has 1 unspecified atom stereocenters. The number of carbonyl (C=O) groups excluding carboxylic acids is 1. The van der Waals surface area contributed by atoms with Gasteiger partial charge in [0, 0.05) is 18.7 Å². The summed E-state index contributed by atoms with van der Waals surface area (Å²) in [4.78, 5) is 13.4. The maximum Gasteiger partial charge on any atom is 0.221 e. The van der Waals surface area contributed by atoms with Gasteiger partial charge in [0.05, 0.1) is 19.1 Å². The fourth-order valence-corrected chi connectivity index (χ4v) is 2.80. The molecular formula is C15H20N2O3. The number of ether oxygens (including phenoxy) is 2. The molecule has 0 aliphatic carbocycles. The van der Waals surface area contributed by atoms with E-state index < -0.39 is 0 Å². The fourth-order valence-electron chi connectivity index (χ4n) is 2.80. The van der Waals surface area contributed by atoms with Crippen LogP contribution in [0.25, 0.3) is 0 Å². The normalized spacial score (nSPS) is 24.3. The minimum absolute atomic E-state index is 0.00885. The number of hydrogen-bond donors (Lipinski definition) is 1. The molecule has 0 spiro atoms. The van der Waals surface area contributed by atoms with Crippen molar-refractivity contribution >= 4 is 5.91 Å². The van der Waals surface area contributed by atoms with E-state index in [2.05, 4.69) is 17.0 Å². The largest absolute Gasteiger partial charge is 0.369 e. The molecule has 1 aromatic rings. The molecule has 2 aliphatic rings. The number of benzene rings is 1. The second-order valence-electron chi connectivity index (χ2n) is 5.44. The van der Waals surface area contributed by atoms with Crippen LogP contribution in [0.3, 0.4) is 0 Å². The van der Waals surface area contributed by atoms with Crippen LogP contribution in [0.2, 0.25) is 0 Å². The number of hydrogen-bond acceptors (Lipinski definition) is 4. The van der Waals surface area contributed by atoms with Gasteiger partial charge in [-0.15, -0.1) is 0 Å². The van der Waals surface area contributed by atoms with Gasteiger partial charge < -0.3 is 15.2 Å². The predicted molar refractivity (Wildman–Crippen MR) is 73.7 cm³/mol. The molecule has 2 heterocycles. The molecule has 2 N–H and O–H groups in total. The van der Waals surface area contributed by atoms with E-state index in [1.54, 1.807) is 0 Å². The quantitative estimate of drug-likeness (QED) is 0.892. The van der Waals surface area contributed by atoms with E-state index in [9.17, 15) is 4.79 Å². The van der Waals surface area contributed by atoms with Gasteiger partial charge in [-0.1, -0.05) is 24.3 Å². The number of likely N-dealkylation sites (tertiary alicyclic amines) is 1. The Morgan fingerprint density at radius 2 is 1.95 bits per heavy atom. The van der Waals surface area contributed by atoms with E-state index in [0.717, 1.165) is 31.6 Å². The fraction of sp³-hybridized carbons (Fsp3) is 0.533. The number of amides is 1. The van der Waals surface area contributed by atoms with Crippen LogP contribution in [0.5, 0.6) is 0 Å². The topological polar surface area (TPSA) is 64.8 Å². The van der Waals surface area contributed by atoms with Crippen molar-refractivity contribution in [1.29, 1.82) is 0 Å². The predicted octanol–water partition coefficient (Wildman–Crippen LogP) is 1.04. The Bertz CT molecular complexity index is 469. The lowest BCUT2D eigenvalue weighted by Gasteiger charge is -2.16. The highest BCUT2D eigenvalue weighted by molar-refractivity contribution is 5.77. The Labute approximate surface area is 118 Å². The number of nitrogens with zero attached hydrogens (tertiary/aromatic N) is 1. The number of carbonyl (C=O) groups is 1. The molecule has 1 atom stereocenters. The van der Waals surface area contributed by atoms with Gasteiger partial charge in [0.1, 0.15) is 0 Å². The van der Waals surface area contributed by atoms with Crippen molar-refractivity contribution in [2.45, 2.75) is 19.3 Å². The highest BCUT2D eigenvalue weighted by Gasteiger charge is 2.26. The highest BCUT2D eigenvalue weighted by atomic mass is 16.7. The summed E-state index contributed by atoms with van der Waals surface area (Å²) in [6, 6.07) is 8.29. The van der Waals surface area contributed by atoms with Crippen molar-refractivity contribution in [3.63, 3.8) is 0 Å². The summed E-state index contributed by atoms with van der Waals surface area (Å²) in [6.07, 6.45) is 0.659. The lowest BCUT2D eigenvalue weighted by molar-refractivity contribution is -0.121. The Balaban J connectivity index is 1.57. The van der Waals surface area contributed by atoms with Gasteiger partial charge in [0.15, 0.2) is 6.29 Å². The van der Waals surface area contributed by atoms with Crippen LogP contribution in [-0.2, 0) is 20.8 Å². The minimum Gasteiger partial charge on any atom is -0.369 e. The van der Waals surface area contributed by atoms with Crippen LogP contribution >= 0.6 is 0 Å². The summed E-state index contributed by atoms with van der Waals surface area (Å²) in [7, 11) is 0. The van der Waals surface area contributed by atoms with Crippen molar-refractivity contribution in [2.75, 3.05) is 26.3 Å². The highest BCUT2D eigenvalue weighted by Crippen LogP contribution is 2.24. The van der Waals surface area contributed by atoms with Crippen LogP contribution in [0.15, 0.2) is 24.3 Å². The van der Waals surface area contributed by atoms with Gasteiger partial charge in [-0.2, -0.15) is 0 Å². The molecule has 5 nitrogen and oxygen atoms in total. The average molecular weight is 276 g/mol. The van der Waals surface area contributed by atoms with E-state index in [1.807, 2.05) is 12.1 Å².